The lowest BCUT2D eigenvalue weighted by atomic mass is 9.73. The van der Waals surface area contributed by atoms with Gasteiger partial charge in [0.15, 0.2) is 4.32 Å². The molecule has 2 amide bonds. The third-order valence-corrected chi connectivity index (χ3v) is 5.43. The van der Waals surface area contributed by atoms with Gasteiger partial charge in [0.1, 0.15) is 6.10 Å². The Kier molecular flexibility index (Phi) is 2.51. The second-order valence-electron chi connectivity index (χ2n) is 4.55. The molecule has 4 unspecified atom stereocenters. The molecule has 7 heteroatoms. The Labute approximate surface area is 120 Å². The zero-order valence-electron chi connectivity index (χ0n) is 9.35. The number of ether oxygens (including phenoxy) is 1. The van der Waals surface area contributed by atoms with Crippen molar-refractivity contribution < 1.29 is 19.1 Å². The quantitative estimate of drug-likeness (QED) is 0.387. The highest BCUT2D eigenvalue weighted by Crippen LogP contribution is 2.54. The Morgan fingerprint density at radius 1 is 1.39 bits per heavy atom. The molecule has 0 aromatic heterocycles. The summed E-state index contributed by atoms with van der Waals surface area (Å²) in [6.07, 6.45) is 0.963. The van der Waals surface area contributed by atoms with E-state index >= 15 is 0 Å². The summed E-state index contributed by atoms with van der Waals surface area (Å²) in [5.41, 5.74) is 0. The number of imide groups is 1. The fraction of sp³-hybridized carbons (Fsp3) is 0.545. The van der Waals surface area contributed by atoms with Gasteiger partial charge in [-0.15, -0.1) is 0 Å². The highest BCUT2D eigenvalue weighted by molar-refractivity contribution is 9.12. The first-order chi connectivity index (χ1) is 8.41. The van der Waals surface area contributed by atoms with Crippen LogP contribution < -0.4 is 0 Å². The maximum absolute atomic E-state index is 12.3. The van der Waals surface area contributed by atoms with E-state index in [0.717, 1.165) is 0 Å². The van der Waals surface area contributed by atoms with E-state index in [1.54, 1.807) is 13.0 Å². The monoisotopic (exact) mass is 377 g/mol. The van der Waals surface area contributed by atoms with Crippen molar-refractivity contribution in [2.45, 2.75) is 17.4 Å². The van der Waals surface area contributed by atoms with Crippen molar-refractivity contribution in [2.75, 3.05) is 6.54 Å². The molecular formula is C11H9Br2NO4. The van der Waals surface area contributed by atoms with Crippen LogP contribution in [0, 0.1) is 11.8 Å². The average molecular weight is 379 g/mol. The summed E-state index contributed by atoms with van der Waals surface area (Å²) in [6, 6.07) is 0. The largest absolute Gasteiger partial charge is 0.455 e. The topological polar surface area (TPSA) is 63.7 Å². The minimum Gasteiger partial charge on any atom is -0.455 e. The van der Waals surface area contributed by atoms with Gasteiger partial charge in [-0.25, -0.2) is 0 Å². The van der Waals surface area contributed by atoms with Gasteiger partial charge in [0.25, 0.3) is 0 Å². The molecule has 0 aromatic rings. The van der Waals surface area contributed by atoms with Gasteiger partial charge in [-0.05, 0) is 13.0 Å². The Balaban J connectivity index is 2.17. The summed E-state index contributed by atoms with van der Waals surface area (Å²) in [5, 5.41) is 0. The summed E-state index contributed by atoms with van der Waals surface area (Å²) in [4.78, 5) is 37.6. The van der Waals surface area contributed by atoms with Crippen LogP contribution in [0.3, 0.4) is 0 Å². The van der Waals surface area contributed by atoms with Crippen molar-refractivity contribution in [3.63, 3.8) is 0 Å². The number of carbonyl (C=O) groups excluding carboxylic acids is 3. The summed E-state index contributed by atoms with van der Waals surface area (Å²) < 4.78 is 4.64. The van der Waals surface area contributed by atoms with Gasteiger partial charge in [-0.3, -0.25) is 19.3 Å². The molecule has 5 nitrogen and oxygen atoms in total. The number of alkyl halides is 1. The molecule has 3 aliphatic heterocycles. The second-order valence-corrected chi connectivity index (χ2v) is 6.78. The molecule has 0 aromatic carbocycles. The highest BCUT2D eigenvalue weighted by atomic mass is 79.9. The maximum atomic E-state index is 12.3. The van der Waals surface area contributed by atoms with E-state index in [0.29, 0.717) is 11.0 Å². The summed E-state index contributed by atoms with van der Waals surface area (Å²) in [7, 11) is 0. The number of carbonyl (C=O) groups is 3. The van der Waals surface area contributed by atoms with E-state index in [4.69, 9.17) is 4.74 Å². The Morgan fingerprint density at radius 3 is 2.67 bits per heavy atom. The fourth-order valence-electron chi connectivity index (χ4n) is 2.87. The lowest BCUT2D eigenvalue weighted by Crippen LogP contribution is -2.58. The number of nitrogens with zero attached hydrogens (tertiary/aromatic N) is 1. The highest BCUT2D eigenvalue weighted by Gasteiger charge is 2.68. The Bertz CT molecular complexity index is 517. The first kappa shape index (κ1) is 12.3. The van der Waals surface area contributed by atoms with Crippen LogP contribution in [0.15, 0.2) is 10.6 Å². The number of hydrogen-bond donors (Lipinski definition) is 0. The van der Waals surface area contributed by atoms with Crippen molar-refractivity contribution in [3.8, 4) is 0 Å². The third-order valence-electron chi connectivity index (χ3n) is 3.70. The molecule has 18 heavy (non-hydrogen) atoms. The molecule has 0 radical (unpaired) electrons. The fourth-order valence-corrected chi connectivity index (χ4v) is 4.74. The van der Waals surface area contributed by atoms with E-state index in [9.17, 15) is 14.4 Å². The number of likely N-dealkylation sites (tertiary alicyclic amines) is 1. The maximum Gasteiger partial charge on any atom is 0.328 e. The predicted molar refractivity (Wildman–Crippen MR) is 67.9 cm³/mol. The molecule has 2 saturated heterocycles. The predicted octanol–water partition coefficient (Wildman–Crippen LogP) is 0.959. The van der Waals surface area contributed by atoms with E-state index in [2.05, 4.69) is 31.9 Å². The number of fused-ring (bicyclic) bond motifs is 1. The van der Waals surface area contributed by atoms with Gasteiger partial charge in [0, 0.05) is 11.0 Å². The molecule has 2 fully saturated rings. The van der Waals surface area contributed by atoms with Crippen molar-refractivity contribution in [3.05, 3.63) is 10.6 Å². The average Bonchev–Trinajstić information content (AvgIpc) is 2.56. The van der Waals surface area contributed by atoms with Crippen LogP contribution in [0.5, 0.6) is 0 Å². The van der Waals surface area contributed by atoms with E-state index < -0.39 is 28.2 Å². The van der Waals surface area contributed by atoms with Gasteiger partial charge < -0.3 is 4.74 Å². The smallest absolute Gasteiger partial charge is 0.328 e. The zero-order valence-corrected chi connectivity index (χ0v) is 12.5. The number of halogens is 2. The van der Waals surface area contributed by atoms with Gasteiger partial charge >= 0.3 is 5.97 Å². The molecule has 1 aliphatic carbocycles. The number of rotatable bonds is 1. The molecule has 2 bridgehead atoms. The first-order valence-electron chi connectivity index (χ1n) is 5.55. The van der Waals surface area contributed by atoms with Crippen molar-refractivity contribution in [2.24, 2.45) is 11.8 Å². The standard InChI is InChI=1S/C11H9Br2NO4/c1-2-14-8(15)5-6(9(14)16)11(13)3-4(12)7(5)18-10(11)17/h3,5-7H,2H2,1H3. The lowest BCUT2D eigenvalue weighted by molar-refractivity contribution is -0.165. The zero-order chi connectivity index (χ0) is 13.2. The Hall–Kier alpha value is -0.690. The van der Waals surface area contributed by atoms with Gasteiger partial charge in [0.2, 0.25) is 11.8 Å². The second kappa shape index (κ2) is 3.66. The van der Waals surface area contributed by atoms with Crippen LogP contribution >= 0.6 is 31.9 Å². The van der Waals surface area contributed by atoms with Crippen LogP contribution in [0.25, 0.3) is 0 Å². The summed E-state index contributed by atoms with van der Waals surface area (Å²) >= 11 is 6.60. The molecule has 4 aliphatic rings. The summed E-state index contributed by atoms with van der Waals surface area (Å²) in [6.45, 7) is 2.05. The normalized spacial score (nSPS) is 41.9. The van der Waals surface area contributed by atoms with Crippen LogP contribution in [-0.2, 0) is 19.1 Å². The third kappa shape index (κ3) is 1.24. The lowest BCUT2D eigenvalue weighted by Gasteiger charge is -2.44. The van der Waals surface area contributed by atoms with Crippen molar-refractivity contribution in [1.29, 1.82) is 0 Å². The van der Waals surface area contributed by atoms with Gasteiger partial charge in [-0.2, -0.15) is 0 Å². The summed E-state index contributed by atoms with van der Waals surface area (Å²) in [5.74, 6) is -2.39. The van der Waals surface area contributed by atoms with Gasteiger partial charge in [-0.1, -0.05) is 31.9 Å². The van der Waals surface area contributed by atoms with Crippen molar-refractivity contribution in [1.82, 2.24) is 4.90 Å². The molecule has 4 rings (SSSR count). The van der Waals surface area contributed by atoms with Crippen LogP contribution in [0.4, 0.5) is 0 Å². The van der Waals surface area contributed by atoms with E-state index in [1.165, 1.54) is 4.90 Å². The SMILES string of the molecule is CCN1C(=O)C2C3OC(=O)C(Br)(C=C3Br)C2C1=O. The number of esters is 1. The molecule has 96 valence electrons. The molecule has 0 N–H and O–H groups in total. The van der Waals surface area contributed by atoms with E-state index in [1.807, 2.05) is 0 Å². The molecule has 0 spiro atoms. The minimum absolute atomic E-state index is 0.265. The molecular weight excluding hydrogens is 370 g/mol. The van der Waals surface area contributed by atoms with Crippen molar-refractivity contribution >= 4 is 49.6 Å². The van der Waals surface area contributed by atoms with Crippen LogP contribution in [-0.4, -0.2) is 39.7 Å². The Morgan fingerprint density at radius 2 is 2.06 bits per heavy atom. The number of amides is 2. The first-order valence-corrected chi connectivity index (χ1v) is 7.14. The van der Waals surface area contributed by atoms with E-state index in [-0.39, 0.29) is 11.8 Å². The van der Waals surface area contributed by atoms with Gasteiger partial charge in [0.05, 0.1) is 11.8 Å². The van der Waals surface area contributed by atoms with Crippen LogP contribution in [0.2, 0.25) is 0 Å². The molecule has 3 heterocycles. The van der Waals surface area contributed by atoms with Crippen LogP contribution in [0.1, 0.15) is 6.92 Å². The minimum atomic E-state index is -1.22. The molecule has 0 saturated carbocycles. The molecule has 4 atom stereocenters. The number of hydrogen-bond acceptors (Lipinski definition) is 4.